The van der Waals surface area contributed by atoms with Crippen LogP contribution in [0.2, 0.25) is 5.02 Å². The first-order valence-corrected chi connectivity index (χ1v) is 11.7. The number of benzene rings is 2. The van der Waals surface area contributed by atoms with Crippen LogP contribution in [0.4, 0.5) is 23.2 Å². The van der Waals surface area contributed by atoms with Crippen LogP contribution in [-0.2, 0) is 21.0 Å². The molecule has 2 aromatic carbocycles. The molecule has 3 rings (SSSR count). The van der Waals surface area contributed by atoms with E-state index in [4.69, 9.17) is 11.6 Å². The molecule has 1 fully saturated rings. The van der Waals surface area contributed by atoms with Gasteiger partial charge >= 0.3 is 6.18 Å². The lowest BCUT2D eigenvalue weighted by molar-refractivity contribution is -0.137. The summed E-state index contributed by atoms with van der Waals surface area (Å²) in [5.41, 5.74) is -1.65. The van der Waals surface area contributed by atoms with Gasteiger partial charge in [0.05, 0.1) is 22.7 Å². The Bertz CT molecular complexity index is 1070. The molecule has 1 amide bonds. The SMILES string of the molecule is O=C(CN(C1CCCCC1)S(=O)(=O)c1ccc(F)cc1)Nc1ccc(Cl)cc1C(F)(F)F. The van der Waals surface area contributed by atoms with Crippen molar-refractivity contribution in [3.8, 4) is 0 Å². The summed E-state index contributed by atoms with van der Waals surface area (Å²) in [5, 5.41) is 2.01. The van der Waals surface area contributed by atoms with Gasteiger partial charge in [0, 0.05) is 11.1 Å². The van der Waals surface area contributed by atoms with E-state index in [1.165, 1.54) is 6.07 Å². The van der Waals surface area contributed by atoms with Gasteiger partial charge in [-0.2, -0.15) is 17.5 Å². The molecule has 5 nitrogen and oxygen atoms in total. The minimum atomic E-state index is -4.77. The third-order valence-electron chi connectivity index (χ3n) is 5.26. The molecular weight excluding hydrogens is 472 g/mol. The van der Waals surface area contributed by atoms with Crippen molar-refractivity contribution in [2.45, 2.75) is 49.2 Å². The smallest absolute Gasteiger partial charge is 0.324 e. The van der Waals surface area contributed by atoms with Crippen molar-refractivity contribution < 1.29 is 30.8 Å². The van der Waals surface area contributed by atoms with Crippen LogP contribution in [0.1, 0.15) is 37.7 Å². The summed E-state index contributed by atoms with van der Waals surface area (Å²) in [7, 11) is -4.19. The van der Waals surface area contributed by atoms with Crippen molar-refractivity contribution in [1.82, 2.24) is 4.31 Å². The molecule has 1 N–H and O–H groups in total. The molecule has 0 radical (unpaired) electrons. The summed E-state index contributed by atoms with van der Waals surface area (Å²) in [6.07, 6.45) is -1.29. The summed E-state index contributed by atoms with van der Waals surface area (Å²) in [4.78, 5) is 12.5. The van der Waals surface area contributed by atoms with Crippen molar-refractivity contribution in [1.29, 1.82) is 0 Å². The highest BCUT2D eigenvalue weighted by molar-refractivity contribution is 7.89. The molecule has 1 saturated carbocycles. The van der Waals surface area contributed by atoms with Gasteiger partial charge in [0.1, 0.15) is 5.82 Å². The Labute approximate surface area is 188 Å². The van der Waals surface area contributed by atoms with Crippen LogP contribution in [0.3, 0.4) is 0 Å². The van der Waals surface area contributed by atoms with Crippen molar-refractivity contribution in [2.75, 3.05) is 11.9 Å². The highest BCUT2D eigenvalue weighted by Gasteiger charge is 2.36. The number of halogens is 5. The van der Waals surface area contributed by atoms with E-state index in [1.807, 2.05) is 0 Å². The van der Waals surface area contributed by atoms with Gasteiger partial charge in [0.15, 0.2) is 0 Å². The number of hydrogen-bond acceptors (Lipinski definition) is 3. The Kier molecular flexibility index (Phi) is 7.46. The molecule has 0 saturated heterocycles. The molecule has 0 heterocycles. The number of rotatable bonds is 6. The van der Waals surface area contributed by atoms with Gasteiger partial charge in [-0.25, -0.2) is 12.8 Å². The number of alkyl halides is 3. The molecule has 1 aliphatic rings. The van der Waals surface area contributed by atoms with Crippen molar-refractivity contribution in [2.24, 2.45) is 0 Å². The van der Waals surface area contributed by atoms with Crippen LogP contribution in [0.5, 0.6) is 0 Å². The van der Waals surface area contributed by atoms with Crippen LogP contribution in [0.15, 0.2) is 47.4 Å². The van der Waals surface area contributed by atoms with E-state index in [2.05, 4.69) is 5.32 Å². The Morgan fingerprint density at radius 3 is 2.28 bits per heavy atom. The summed E-state index contributed by atoms with van der Waals surface area (Å²) in [5.74, 6) is -1.54. The van der Waals surface area contributed by atoms with Gasteiger partial charge in [-0.3, -0.25) is 4.79 Å². The maximum atomic E-state index is 13.3. The monoisotopic (exact) mass is 492 g/mol. The quantitative estimate of drug-likeness (QED) is 0.544. The highest BCUT2D eigenvalue weighted by atomic mass is 35.5. The van der Waals surface area contributed by atoms with Crippen LogP contribution >= 0.6 is 11.6 Å². The van der Waals surface area contributed by atoms with E-state index in [9.17, 15) is 30.8 Å². The van der Waals surface area contributed by atoms with Crippen LogP contribution in [0, 0.1) is 5.82 Å². The molecule has 174 valence electrons. The summed E-state index contributed by atoms with van der Waals surface area (Å²) in [6, 6.07) is 6.59. The lowest BCUT2D eigenvalue weighted by atomic mass is 9.95. The number of carbonyl (C=O) groups excluding carboxylic acids is 1. The van der Waals surface area contributed by atoms with E-state index in [0.717, 1.165) is 53.9 Å². The number of sulfonamides is 1. The maximum absolute atomic E-state index is 13.3. The summed E-state index contributed by atoms with van der Waals surface area (Å²) < 4.78 is 80.7. The summed E-state index contributed by atoms with van der Waals surface area (Å²) >= 11 is 5.66. The van der Waals surface area contributed by atoms with Gasteiger partial charge in [0.25, 0.3) is 0 Å². The fourth-order valence-corrected chi connectivity index (χ4v) is 5.53. The second-order valence-electron chi connectivity index (χ2n) is 7.53. The standard InChI is InChI=1S/C21H21ClF4N2O3S/c22-14-6-11-19(18(12-14)21(24,25)26)27-20(29)13-28(16-4-2-1-3-5-16)32(30,31)17-9-7-15(23)8-10-17/h6-12,16H,1-5,13H2,(H,27,29). The van der Waals surface area contributed by atoms with Crippen LogP contribution < -0.4 is 5.32 Å². The van der Waals surface area contributed by atoms with Gasteiger partial charge in [-0.15, -0.1) is 0 Å². The number of nitrogens with one attached hydrogen (secondary N) is 1. The van der Waals surface area contributed by atoms with E-state index < -0.39 is 51.8 Å². The first kappa shape index (κ1) is 24.5. The molecule has 2 aromatic rings. The zero-order valence-corrected chi connectivity index (χ0v) is 18.4. The summed E-state index contributed by atoms with van der Waals surface area (Å²) in [6.45, 7) is -0.676. The van der Waals surface area contributed by atoms with Gasteiger partial charge in [0.2, 0.25) is 15.9 Å². The fraction of sp³-hybridized carbons (Fsp3) is 0.381. The number of carbonyl (C=O) groups is 1. The molecule has 0 aliphatic heterocycles. The predicted molar refractivity (Wildman–Crippen MR) is 112 cm³/mol. The molecule has 0 aromatic heterocycles. The molecule has 1 aliphatic carbocycles. The van der Waals surface area contributed by atoms with E-state index in [0.29, 0.717) is 18.9 Å². The molecule has 32 heavy (non-hydrogen) atoms. The average Bonchev–Trinajstić information content (AvgIpc) is 2.73. The van der Waals surface area contributed by atoms with Crippen LogP contribution in [0.25, 0.3) is 0 Å². The Morgan fingerprint density at radius 2 is 1.69 bits per heavy atom. The zero-order valence-electron chi connectivity index (χ0n) is 16.8. The first-order valence-electron chi connectivity index (χ1n) is 9.92. The molecular formula is C21H21ClF4N2O3S. The average molecular weight is 493 g/mol. The molecule has 0 atom stereocenters. The number of hydrogen-bond donors (Lipinski definition) is 1. The third-order valence-corrected chi connectivity index (χ3v) is 7.41. The van der Waals surface area contributed by atoms with Gasteiger partial charge in [-0.1, -0.05) is 30.9 Å². The second-order valence-corrected chi connectivity index (χ2v) is 9.86. The molecule has 0 bridgehead atoms. The fourth-order valence-electron chi connectivity index (χ4n) is 3.71. The molecule has 0 unspecified atom stereocenters. The van der Waals surface area contributed by atoms with Gasteiger partial charge in [-0.05, 0) is 55.3 Å². The van der Waals surface area contributed by atoms with Crippen molar-refractivity contribution in [3.05, 3.63) is 58.9 Å². The minimum absolute atomic E-state index is 0.155. The molecule has 0 spiro atoms. The maximum Gasteiger partial charge on any atom is 0.418 e. The van der Waals surface area contributed by atoms with E-state index in [1.54, 1.807) is 0 Å². The number of amides is 1. The largest absolute Gasteiger partial charge is 0.418 e. The Balaban J connectivity index is 1.89. The normalized spacial score (nSPS) is 15.7. The Morgan fingerprint density at radius 1 is 1.06 bits per heavy atom. The van der Waals surface area contributed by atoms with Crippen molar-refractivity contribution >= 4 is 33.2 Å². The zero-order chi connectivity index (χ0) is 23.5. The highest BCUT2D eigenvalue weighted by Crippen LogP contribution is 2.36. The number of anilines is 1. The second kappa shape index (κ2) is 9.76. The minimum Gasteiger partial charge on any atom is -0.324 e. The topological polar surface area (TPSA) is 66.5 Å². The third kappa shape index (κ3) is 5.79. The molecule has 11 heteroatoms. The lowest BCUT2D eigenvalue weighted by Crippen LogP contribution is -2.45. The number of nitrogens with zero attached hydrogens (tertiary/aromatic N) is 1. The van der Waals surface area contributed by atoms with E-state index in [-0.39, 0.29) is 9.92 Å². The van der Waals surface area contributed by atoms with Gasteiger partial charge < -0.3 is 5.32 Å². The van der Waals surface area contributed by atoms with Crippen molar-refractivity contribution in [3.63, 3.8) is 0 Å². The van der Waals surface area contributed by atoms with Crippen LogP contribution in [-0.4, -0.2) is 31.2 Å². The first-order chi connectivity index (χ1) is 15.0. The van der Waals surface area contributed by atoms with E-state index >= 15 is 0 Å². The lowest BCUT2D eigenvalue weighted by Gasteiger charge is -2.33. The predicted octanol–water partition coefficient (Wildman–Crippen LogP) is 5.46. The Hall–Kier alpha value is -2.17.